The Morgan fingerprint density at radius 1 is 1.26 bits per heavy atom. The largest absolute Gasteiger partial charge is 0.396 e. The van der Waals surface area contributed by atoms with Crippen molar-refractivity contribution in [3.05, 3.63) is 0 Å². The molecular weight excluding hydrogens is 268 g/mol. The second kappa shape index (κ2) is 6.99. The van der Waals surface area contributed by atoms with Crippen LogP contribution < -0.4 is 4.72 Å². The lowest BCUT2D eigenvalue weighted by Crippen LogP contribution is -2.48. The zero-order valence-corrected chi connectivity index (χ0v) is 12.1. The van der Waals surface area contributed by atoms with E-state index in [1.54, 1.807) is 0 Å². The molecule has 0 aliphatic carbocycles. The molecule has 2 aliphatic rings. The Labute approximate surface area is 115 Å². The molecular formula is C12H24N2O4S. The van der Waals surface area contributed by atoms with E-state index in [1.807, 2.05) is 0 Å². The SMILES string of the molecule is O=S(=O)(NCC1CCCCO1)N1CCCC(CO)C1. The molecule has 2 N–H and O–H groups in total. The normalized spacial score (nSPS) is 30.4. The van der Waals surface area contributed by atoms with Gasteiger partial charge in [0, 0.05) is 32.8 Å². The van der Waals surface area contributed by atoms with E-state index in [-0.39, 0.29) is 18.6 Å². The van der Waals surface area contributed by atoms with Crippen LogP contribution in [0.5, 0.6) is 0 Å². The van der Waals surface area contributed by atoms with E-state index in [0.29, 0.717) is 19.6 Å². The minimum Gasteiger partial charge on any atom is -0.396 e. The van der Waals surface area contributed by atoms with Crippen molar-refractivity contribution in [2.24, 2.45) is 5.92 Å². The summed E-state index contributed by atoms with van der Waals surface area (Å²) in [4.78, 5) is 0. The molecule has 0 saturated carbocycles. The molecule has 0 radical (unpaired) electrons. The van der Waals surface area contributed by atoms with E-state index in [0.717, 1.165) is 38.7 Å². The van der Waals surface area contributed by atoms with E-state index in [1.165, 1.54) is 4.31 Å². The Morgan fingerprint density at radius 2 is 2.11 bits per heavy atom. The summed E-state index contributed by atoms with van der Waals surface area (Å²) in [5.41, 5.74) is 0. The first kappa shape index (κ1) is 15.2. The third-order valence-corrected chi connectivity index (χ3v) is 5.39. The molecule has 0 bridgehead atoms. The molecule has 2 unspecified atom stereocenters. The topological polar surface area (TPSA) is 78.9 Å². The fourth-order valence-corrected chi connectivity index (χ4v) is 4.01. The van der Waals surface area contributed by atoms with Crippen molar-refractivity contribution in [3.8, 4) is 0 Å². The Hall–Kier alpha value is -0.210. The third kappa shape index (κ3) is 4.39. The summed E-state index contributed by atoms with van der Waals surface area (Å²) in [6, 6.07) is 0. The monoisotopic (exact) mass is 292 g/mol. The predicted molar refractivity (Wildman–Crippen MR) is 71.9 cm³/mol. The van der Waals surface area contributed by atoms with Gasteiger partial charge in [-0.1, -0.05) is 0 Å². The maximum absolute atomic E-state index is 12.2. The summed E-state index contributed by atoms with van der Waals surface area (Å²) in [6.07, 6.45) is 4.79. The van der Waals surface area contributed by atoms with Crippen LogP contribution in [-0.2, 0) is 14.9 Å². The number of rotatable bonds is 5. The minimum atomic E-state index is -3.43. The fourth-order valence-electron chi connectivity index (χ4n) is 2.65. The number of ether oxygens (including phenoxy) is 1. The average molecular weight is 292 g/mol. The van der Waals surface area contributed by atoms with Crippen molar-refractivity contribution < 1.29 is 18.3 Å². The van der Waals surface area contributed by atoms with Crippen molar-refractivity contribution >= 4 is 10.2 Å². The highest BCUT2D eigenvalue weighted by molar-refractivity contribution is 7.87. The van der Waals surface area contributed by atoms with Gasteiger partial charge in [-0.05, 0) is 38.0 Å². The molecule has 0 aromatic heterocycles. The Kier molecular flexibility index (Phi) is 5.58. The number of piperidine rings is 1. The maximum Gasteiger partial charge on any atom is 0.279 e. The molecule has 2 aliphatic heterocycles. The van der Waals surface area contributed by atoms with Gasteiger partial charge in [0.1, 0.15) is 0 Å². The summed E-state index contributed by atoms with van der Waals surface area (Å²) >= 11 is 0. The molecule has 2 rings (SSSR count). The van der Waals surface area contributed by atoms with Gasteiger partial charge >= 0.3 is 0 Å². The molecule has 112 valence electrons. The number of nitrogens with zero attached hydrogens (tertiary/aromatic N) is 1. The van der Waals surface area contributed by atoms with Crippen LogP contribution in [0.4, 0.5) is 0 Å². The lowest BCUT2D eigenvalue weighted by Gasteiger charge is -2.31. The highest BCUT2D eigenvalue weighted by Gasteiger charge is 2.29. The van der Waals surface area contributed by atoms with Crippen LogP contribution in [0, 0.1) is 5.92 Å². The number of aliphatic hydroxyl groups is 1. The Balaban J connectivity index is 1.83. The second-order valence-corrected chi connectivity index (χ2v) is 7.15. The second-order valence-electron chi connectivity index (χ2n) is 5.39. The van der Waals surface area contributed by atoms with E-state index < -0.39 is 10.2 Å². The fraction of sp³-hybridized carbons (Fsp3) is 1.00. The van der Waals surface area contributed by atoms with Gasteiger partial charge in [-0.25, -0.2) is 0 Å². The summed E-state index contributed by atoms with van der Waals surface area (Å²) < 4.78 is 33.9. The van der Waals surface area contributed by atoms with Crippen molar-refractivity contribution in [2.45, 2.75) is 38.2 Å². The van der Waals surface area contributed by atoms with Crippen LogP contribution in [0.3, 0.4) is 0 Å². The first-order chi connectivity index (χ1) is 9.12. The van der Waals surface area contributed by atoms with Crippen LogP contribution in [-0.4, -0.2) is 56.8 Å². The Morgan fingerprint density at radius 3 is 2.79 bits per heavy atom. The minimum absolute atomic E-state index is 0.00181. The van der Waals surface area contributed by atoms with Gasteiger partial charge in [-0.2, -0.15) is 17.4 Å². The van der Waals surface area contributed by atoms with Crippen LogP contribution in [0.2, 0.25) is 0 Å². The molecule has 2 atom stereocenters. The van der Waals surface area contributed by atoms with Crippen LogP contribution >= 0.6 is 0 Å². The van der Waals surface area contributed by atoms with E-state index in [2.05, 4.69) is 4.72 Å². The summed E-state index contributed by atoms with van der Waals surface area (Å²) in [7, 11) is -3.43. The van der Waals surface area contributed by atoms with Gasteiger partial charge < -0.3 is 9.84 Å². The molecule has 0 spiro atoms. The van der Waals surface area contributed by atoms with Crippen molar-refractivity contribution in [1.29, 1.82) is 0 Å². The van der Waals surface area contributed by atoms with E-state index in [9.17, 15) is 8.42 Å². The first-order valence-corrected chi connectivity index (χ1v) is 8.53. The first-order valence-electron chi connectivity index (χ1n) is 7.09. The van der Waals surface area contributed by atoms with Crippen LogP contribution in [0.1, 0.15) is 32.1 Å². The van der Waals surface area contributed by atoms with Gasteiger partial charge in [-0.15, -0.1) is 0 Å². The van der Waals surface area contributed by atoms with Crippen LogP contribution in [0.15, 0.2) is 0 Å². The number of aliphatic hydroxyl groups excluding tert-OH is 1. The highest BCUT2D eigenvalue weighted by atomic mass is 32.2. The molecule has 7 heteroatoms. The lowest BCUT2D eigenvalue weighted by molar-refractivity contribution is 0.0197. The third-order valence-electron chi connectivity index (χ3n) is 3.85. The lowest BCUT2D eigenvalue weighted by atomic mass is 10.0. The predicted octanol–water partition coefficient (Wildman–Crippen LogP) is 0.0942. The van der Waals surface area contributed by atoms with Crippen LogP contribution in [0.25, 0.3) is 0 Å². The standard InChI is InChI=1S/C12H24N2O4S/c15-10-11-4-3-6-14(9-11)19(16,17)13-8-12-5-1-2-7-18-12/h11-13,15H,1-10H2. The van der Waals surface area contributed by atoms with Gasteiger partial charge in [0.25, 0.3) is 10.2 Å². The summed E-state index contributed by atoms with van der Waals surface area (Å²) in [5, 5.41) is 9.15. The van der Waals surface area contributed by atoms with Crippen molar-refractivity contribution in [3.63, 3.8) is 0 Å². The highest BCUT2D eigenvalue weighted by Crippen LogP contribution is 2.18. The summed E-state index contributed by atoms with van der Waals surface area (Å²) in [5.74, 6) is 0.0660. The summed E-state index contributed by atoms with van der Waals surface area (Å²) in [6.45, 7) is 2.08. The number of nitrogens with one attached hydrogen (secondary N) is 1. The maximum atomic E-state index is 12.2. The molecule has 6 nitrogen and oxygen atoms in total. The zero-order chi connectivity index (χ0) is 13.7. The molecule has 2 saturated heterocycles. The zero-order valence-electron chi connectivity index (χ0n) is 11.3. The molecule has 0 aromatic carbocycles. The number of hydrogen-bond acceptors (Lipinski definition) is 4. The van der Waals surface area contributed by atoms with Gasteiger partial charge in [0.05, 0.1) is 6.10 Å². The smallest absolute Gasteiger partial charge is 0.279 e. The molecule has 2 heterocycles. The quantitative estimate of drug-likeness (QED) is 0.753. The van der Waals surface area contributed by atoms with Gasteiger partial charge in [0.2, 0.25) is 0 Å². The van der Waals surface area contributed by atoms with Gasteiger partial charge in [-0.3, -0.25) is 0 Å². The van der Waals surface area contributed by atoms with E-state index >= 15 is 0 Å². The van der Waals surface area contributed by atoms with E-state index in [4.69, 9.17) is 9.84 Å². The van der Waals surface area contributed by atoms with Gasteiger partial charge in [0.15, 0.2) is 0 Å². The van der Waals surface area contributed by atoms with Crippen molar-refractivity contribution in [2.75, 3.05) is 32.8 Å². The average Bonchev–Trinajstić information content (AvgIpc) is 2.46. The molecule has 0 aromatic rings. The Bertz CT molecular complexity index is 368. The van der Waals surface area contributed by atoms with Crippen molar-refractivity contribution in [1.82, 2.24) is 9.03 Å². The molecule has 2 fully saturated rings. The number of hydrogen-bond donors (Lipinski definition) is 2. The molecule has 0 amide bonds. The molecule has 19 heavy (non-hydrogen) atoms.